The smallest absolute Gasteiger partial charge is 0.184 e. The van der Waals surface area contributed by atoms with E-state index < -0.39 is 13.7 Å². The molecule has 0 aliphatic heterocycles. The van der Waals surface area contributed by atoms with Crippen molar-refractivity contribution in [2.45, 2.75) is 32.2 Å². The average Bonchev–Trinajstić information content (AvgIpc) is 1.97. The van der Waals surface area contributed by atoms with Gasteiger partial charge in [-0.15, -0.1) is 5.54 Å². The van der Waals surface area contributed by atoms with Crippen molar-refractivity contribution < 1.29 is 10.2 Å². The normalized spacial score (nSPS) is 14.6. The molecule has 0 fully saturated rings. The van der Waals surface area contributed by atoms with Crippen molar-refractivity contribution in [2.75, 3.05) is 6.61 Å². The van der Waals surface area contributed by atoms with E-state index in [1.165, 1.54) is 6.92 Å². The number of aliphatic hydroxyl groups is 2. The van der Waals surface area contributed by atoms with Crippen LogP contribution in [0.4, 0.5) is 0 Å². The highest BCUT2D eigenvalue weighted by atomic mass is 28.3. The Morgan fingerprint density at radius 2 is 1.77 bits per heavy atom. The molecule has 3 heteroatoms. The van der Waals surface area contributed by atoms with E-state index in [4.69, 9.17) is 5.11 Å². The van der Waals surface area contributed by atoms with Crippen LogP contribution in [0.25, 0.3) is 0 Å². The summed E-state index contributed by atoms with van der Waals surface area (Å²) in [7, 11) is -1.46. The quantitative estimate of drug-likeness (QED) is 0.440. The predicted molar refractivity (Wildman–Crippen MR) is 56.6 cm³/mol. The summed E-state index contributed by atoms with van der Waals surface area (Å²) in [6.45, 7) is 7.56. The van der Waals surface area contributed by atoms with Crippen LogP contribution in [0.15, 0.2) is 0 Å². The van der Waals surface area contributed by atoms with Crippen LogP contribution in [0, 0.1) is 23.3 Å². The predicted octanol–water partition coefficient (Wildman–Crippen LogP) is 0.614. The van der Waals surface area contributed by atoms with Gasteiger partial charge in [-0.3, -0.25) is 0 Å². The molecule has 13 heavy (non-hydrogen) atoms. The van der Waals surface area contributed by atoms with Crippen molar-refractivity contribution in [1.29, 1.82) is 0 Å². The molecule has 0 aromatic rings. The Hall–Kier alpha value is -0.743. The molecule has 0 spiro atoms. The van der Waals surface area contributed by atoms with Crippen LogP contribution < -0.4 is 0 Å². The van der Waals surface area contributed by atoms with Gasteiger partial charge in [0.25, 0.3) is 0 Å². The zero-order valence-corrected chi connectivity index (χ0v) is 9.60. The second-order valence-corrected chi connectivity index (χ2v) is 8.78. The van der Waals surface area contributed by atoms with Crippen molar-refractivity contribution in [3.63, 3.8) is 0 Å². The Morgan fingerprint density at radius 3 is 2.15 bits per heavy atom. The summed E-state index contributed by atoms with van der Waals surface area (Å²) in [6.07, 6.45) is 0. The number of rotatable bonds is 0. The molecule has 0 radical (unpaired) electrons. The fraction of sp³-hybridized carbons (Fsp3) is 0.600. The molecule has 0 bridgehead atoms. The molecule has 2 N–H and O–H groups in total. The van der Waals surface area contributed by atoms with Gasteiger partial charge in [-0.2, -0.15) is 0 Å². The topological polar surface area (TPSA) is 40.5 Å². The van der Waals surface area contributed by atoms with E-state index in [0.717, 1.165) is 0 Å². The van der Waals surface area contributed by atoms with Gasteiger partial charge in [-0.25, -0.2) is 0 Å². The fourth-order valence-corrected chi connectivity index (χ4v) is 1.17. The number of hydrogen-bond acceptors (Lipinski definition) is 2. The van der Waals surface area contributed by atoms with Gasteiger partial charge < -0.3 is 10.2 Å². The minimum absolute atomic E-state index is 0.245. The fourth-order valence-electron chi connectivity index (χ4n) is 0.552. The van der Waals surface area contributed by atoms with Crippen LogP contribution in [0.5, 0.6) is 0 Å². The first kappa shape index (κ1) is 12.3. The molecular weight excluding hydrogens is 180 g/mol. The van der Waals surface area contributed by atoms with Gasteiger partial charge in [-0.1, -0.05) is 37.4 Å². The van der Waals surface area contributed by atoms with Gasteiger partial charge in [0.1, 0.15) is 14.7 Å². The van der Waals surface area contributed by atoms with Gasteiger partial charge in [0.05, 0.1) is 0 Å². The monoisotopic (exact) mass is 196 g/mol. The van der Waals surface area contributed by atoms with Gasteiger partial charge >= 0.3 is 0 Å². The Kier molecular flexibility index (Phi) is 4.22. The summed E-state index contributed by atoms with van der Waals surface area (Å²) < 4.78 is 0. The van der Waals surface area contributed by atoms with E-state index >= 15 is 0 Å². The first-order valence-corrected chi connectivity index (χ1v) is 7.64. The Labute approximate surface area is 81.0 Å². The largest absolute Gasteiger partial charge is 0.384 e. The van der Waals surface area contributed by atoms with Crippen molar-refractivity contribution in [2.24, 2.45) is 0 Å². The Morgan fingerprint density at radius 1 is 1.23 bits per heavy atom. The van der Waals surface area contributed by atoms with Crippen molar-refractivity contribution >= 4 is 8.07 Å². The van der Waals surface area contributed by atoms with Gasteiger partial charge in [0, 0.05) is 0 Å². The minimum Gasteiger partial charge on any atom is -0.384 e. The lowest BCUT2D eigenvalue weighted by molar-refractivity contribution is 0.184. The molecule has 72 valence electrons. The molecule has 0 aromatic heterocycles. The van der Waals surface area contributed by atoms with Crippen LogP contribution in [-0.4, -0.2) is 30.5 Å². The lowest BCUT2D eigenvalue weighted by atomic mass is 10.1. The first-order chi connectivity index (χ1) is 5.77. The second-order valence-electron chi connectivity index (χ2n) is 4.03. The molecule has 0 amide bonds. The molecule has 0 aliphatic carbocycles. The van der Waals surface area contributed by atoms with E-state index in [1.807, 2.05) is 0 Å². The number of hydrogen-bond donors (Lipinski definition) is 2. The zero-order valence-electron chi connectivity index (χ0n) is 8.60. The van der Waals surface area contributed by atoms with E-state index in [2.05, 4.69) is 42.9 Å². The van der Waals surface area contributed by atoms with Crippen molar-refractivity contribution in [3.05, 3.63) is 0 Å². The molecule has 0 saturated heterocycles. The van der Waals surface area contributed by atoms with E-state index in [0.29, 0.717) is 0 Å². The lowest BCUT2D eigenvalue weighted by Gasteiger charge is -2.09. The molecule has 0 rings (SSSR count). The minimum atomic E-state index is -1.46. The molecule has 1 atom stereocenters. The van der Waals surface area contributed by atoms with Crippen molar-refractivity contribution in [3.8, 4) is 23.3 Å². The highest BCUT2D eigenvalue weighted by Gasteiger charge is 2.14. The zero-order chi connectivity index (χ0) is 10.5. The molecule has 0 saturated carbocycles. The molecule has 2 nitrogen and oxygen atoms in total. The standard InChI is InChI=1S/C10H16O2Si/c1-10(12,6-5-8-11)7-9-13(2,3)4/h11-12H,8H2,1-4H3. The summed E-state index contributed by atoms with van der Waals surface area (Å²) in [5.41, 5.74) is 1.74. The summed E-state index contributed by atoms with van der Waals surface area (Å²) in [5, 5.41) is 18.0. The molecule has 0 aliphatic rings. The highest BCUT2D eigenvalue weighted by Crippen LogP contribution is 2.02. The molecular formula is C10H16O2Si. The maximum absolute atomic E-state index is 9.57. The Balaban J connectivity index is 4.56. The van der Waals surface area contributed by atoms with Crippen molar-refractivity contribution in [1.82, 2.24) is 0 Å². The summed E-state index contributed by atoms with van der Waals surface area (Å²) >= 11 is 0. The van der Waals surface area contributed by atoms with E-state index in [-0.39, 0.29) is 6.61 Å². The van der Waals surface area contributed by atoms with E-state index in [1.54, 1.807) is 0 Å². The van der Waals surface area contributed by atoms with Gasteiger partial charge in [0.15, 0.2) is 5.60 Å². The van der Waals surface area contributed by atoms with Crippen LogP contribution in [-0.2, 0) is 0 Å². The third-order valence-corrected chi connectivity index (χ3v) is 1.97. The third-order valence-electron chi connectivity index (χ3n) is 1.09. The maximum atomic E-state index is 9.57. The van der Waals surface area contributed by atoms with Gasteiger partial charge in [0.2, 0.25) is 0 Å². The van der Waals surface area contributed by atoms with E-state index in [9.17, 15) is 5.11 Å². The summed E-state index contributed by atoms with van der Waals surface area (Å²) in [5.74, 6) is 7.59. The molecule has 0 heterocycles. The van der Waals surface area contributed by atoms with Gasteiger partial charge in [-0.05, 0) is 6.92 Å². The average molecular weight is 196 g/mol. The molecule has 1 unspecified atom stereocenters. The second kappa shape index (κ2) is 4.48. The van der Waals surface area contributed by atoms with Crippen LogP contribution in [0.2, 0.25) is 19.6 Å². The summed E-state index contributed by atoms with van der Waals surface area (Å²) in [4.78, 5) is 0. The summed E-state index contributed by atoms with van der Waals surface area (Å²) in [6, 6.07) is 0. The van der Waals surface area contributed by atoms with Crippen LogP contribution >= 0.6 is 0 Å². The van der Waals surface area contributed by atoms with Crippen LogP contribution in [0.1, 0.15) is 6.92 Å². The lowest BCUT2D eigenvalue weighted by Crippen LogP contribution is -2.23. The first-order valence-electron chi connectivity index (χ1n) is 4.14. The van der Waals surface area contributed by atoms with Crippen LogP contribution in [0.3, 0.4) is 0 Å². The maximum Gasteiger partial charge on any atom is 0.184 e. The Bertz CT molecular complexity index is 278. The SMILES string of the molecule is CC(O)(C#CCO)C#C[Si](C)(C)C. The highest BCUT2D eigenvalue weighted by molar-refractivity contribution is 6.83. The molecule has 0 aromatic carbocycles. The third kappa shape index (κ3) is 7.61. The number of aliphatic hydroxyl groups excluding tert-OH is 1.